The number of hydrogen-bond donors (Lipinski definition) is 5. The Balaban J connectivity index is 1.46. The van der Waals surface area contributed by atoms with Gasteiger partial charge in [-0.15, -0.1) is 6.42 Å². The summed E-state index contributed by atoms with van der Waals surface area (Å²) < 4.78 is 12.7. The third-order valence-electron chi connectivity index (χ3n) is 7.72. The molecule has 0 spiro atoms. The van der Waals surface area contributed by atoms with Crippen LogP contribution in [-0.4, -0.2) is 106 Å². The van der Waals surface area contributed by atoms with E-state index in [1.165, 1.54) is 10.9 Å². The van der Waals surface area contributed by atoms with Crippen molar-refractivity contribution in [3.8, 4) is 12.3 Å². The molecule has 4 heterocycles. The Kier molecular flexibility index (Phi) is 8.08. The SMILES string of the molecule is C#C[C@@]1(O)[C@@H](COC(Cc2ccccc2)(C(=O)O)C(=O)O)O[C@@H](n2cnc3c(N4CCCC4CO)nc(Cl)nc32)[C@@H]1O. The number of aliphatic hydroxyl groups excluding tert-OH is 2. The van der Waals surface area contributed by atoms with Crippen LogP contribution in [0.5, 0.6) is 0 Å². The molecule has 2 aliphatic rings. The number of hydrogen-bond acceptors (Lipinski definition) is 11. The van der Waals surface area contributed by atoms with Gasteiger partial charge in [-0.25, -0.2) is 14.6 Å². The Hall–Kier alpha value is -3.84. The lowest BCUT2D eigenvalue weighted by Crippen LogP contribution is -2.55. The highest BCUT2D eigenvalue weighted by Gasteiger charge is 2.58. The summed E-state index contributed by atoms with van der Waals surface area (Å²) in [6, 6.07) is 7.81. The van der Waals surface area contributed by atoms with Crippen LogP contribution in [0.4, 0.5) is 5.82 Å². The summed E-state index contributed by atoms with van der Waals surface area (Å²) in [5, 5.41) is 51.9. The van der Waals surface area contributed by atoms with Crippen LogP contribution < -0.4 is 4.90 Å². The predicted octanol–water partition coefficient (Wildman–Crippen LogP) is 0.231. The quantitative estimate of drug-likeness (QED) is 0.120. The number of ether oxygens (including phenoxy) is 2. The van der Waals surface area contributed by atoms with Gasteiger partial charge in [0.1, 0.15) is 12.2 Å². The van der Waals surface area contributed by atoms with E-state index >= 15 is 0 Å². The van der Waals surface area contributed by atoms with E-state index in [0.717, 1.165) is 12.8 Å². The molecule has 5 rings (SSSR count). The van der Waals surface area contributed by atoms with Gasteiger partial charge in [-0.1, -0.05) is 36.3 Å². The van der Waals surface area contributed by atoms with Crippen LogP contribution in [0, 0.1) is 12.3 Å². The average molecular weight is 602 g/mol. The summed E-state index contributed by atoms with van der Waals surface area (Å²) in [4.78, 5) is 39.2. The highest BCUT2D eigenvalue weighted by Crippen LogP contribution is 2.40. The third kappa shape index (κ3) is 4.94. The molecular formula is C27H28ClN5O9. The zero-order valence-corrected chi connectivity index (χ0v) is 22.8. The fourth-order valence-electron chi connectivity index (χ4n) is 5.40. The molecule has 1 aromatic carbocycles. The van der Waals surface area contributed by atoms with Crippen LogP contribution in [-0.2, 0) is 25.5 Å². The minimum Gasteiger partial charge on any atom is -0.479 e. The molecule has 2 saturated heterocycles. The maximum Gasteiger partial charge on any atom is 0.348 e. The van der Waals surface area contributed by atoms with Gasteiger partial charge in [-0.2, -0.15) is 9.97 Å². The van der Waals surface area contributed by atoms with Crippen molar-refractivity contribution < 1.29 is 44.6 Å². The smallest absolute Gasteiger partial charge is 0.348 e. The molecule has 42 heavy (non-hydrogen) atoms. The van der Waals surface area contributed by atoms with Crippen LogP contribution in [0.2, 0.25) is 5.28 Å². The number of aliphatic carboxylic acids is 2. The fourth-order valence-corrected chi connectivity index (χ4v) is 5.56. The van der Waals surface area contributed by atoms with E-state index in [9.17, 15) is 35.1 Å². The van der Waals surface area contributed by atoms with Crippen molar-refractivity contribution in [2.24, 2.45) is 0 Å². The number of anilines is 1. The predicted molar refractivity (Wildman–Crippen MR) is 146 cm³/mol. The number of aromatic nitrogens is 4. The molecule has 2 fully saturated rings. The van der Waals surface area contributed by atoms with Gasteiger partial charge in [-0.3, -0.25) is 4.57 Å². The molecule has 2 aromatic heterocycles. The van der Waals surface area contributed by atoms with Gasteiger partial charge >= 0.3 is 11.9 Å². The van der Waals surface area contributed by atoms with E-state index in [-0.39, 0.29) is 29.1 Å². The summed E-state index contributed by atoms with van der Waals surface area (Å²) in [5.41, 5.74) is -4.38. The summed E-state index contributed by atoms with van der Waals surface area (Å²) in [7, 11) is 0. The van der Waals surface area contributed by atoms with Crippen LogP contribution in [0.15, 0.2) is 36.7 Å². The van der Waals surface area contributed by atoms with Gasteiger partial charge in [0.15, 0.2) is 28.8 Å². The van der Waals surface area contributed by atoms with Crippen molar-refractivity contribution in [2.45, 2.75) is 54.9 Å². The molecule has 2 aliphatic heterocycles. The van der Waals surface area contributed by atoms with Crippen molar-refractivity contribution in [1.82, 2.24) is 19.5 Å². The van der Waals surface area contributed by atoms with Crippen molar-refractivity contribution in [3.05, 3.63) is 47.5 Å². The highest BCUT2D eigenvalue weighted by molar-refractivity contribution is 6.28. The molecule has 0 radical (unpaired) electrons. The Morgan fingerprint density at radius 2 is 1.95 bits per heavy atom. The first-order chi connectivity index (χ1) is 20.1. The van der Waals surface area contributed by atoms with Crippen LogP contribution in [0.1, 0.15) is 24.6 Å². The second kappa shape index (κ2) is 11.4. The van der Waals surface area contributed by atoms with Crippen LogP contribution in [0.25, 0.3) is 11.2 Å². The number of carboxylic acids is 2. The monoisotopic (exact) mass is 601 g/mol. The first-order valence-corrected chi connectivity index (χ1v) is 13.4. The molecule has 0 bridgehead atoms. The van der Waals surface area contributed by atoms with Gasteiger partial charge in [0, 0.05) is 13.0 Å². The van der Waals surface area contributed by atoms with E-state index in [0.29, 0.717) is 17.9 Å². The number of terminal acetylenes is 1. The maximum absolute atomic E-state index is 12.2. The average Bonchev–Trinajstić information content (AvgIpc) is 3.68. The number of fused-ring (bicyclic) bond motifs is 1. The lowest BCUT2D eigenvalue weighted by atomic mass is 9.92. The fraction of sp³-hybridized carbons (Fsp3) is 0.444. The standard InChI is InChI=1S/C27H28ClN5O9/c1-2-26(40)17(13-41-27(23(36)37,24(38)39)11-15-7-4-3-5-8-15)42-22(19(26)35)33-14-29-18-20(30-25(28)31-21(18)33)32-10-6-9-16(32)12-34/h1,3-5,7-8,14,16-17,19,22,34-35,40H,6,9-13H2,(H,36,37)(H,38,39)/t16?,17-,19+,22-,26-/m1/s1. The van der Waals surface area contributed by atoms with Gasteiger partial charge in [0.05, 0.1) is 25.6 Å². The molecule has 14 nitrogen and oxygen atoms in total. The maximum atomic E-state index is 12.2. The molecule has 3 aromatic rings. The Morgan fingerprint density at radius 1 is 1.24 bits per heavy atom. The van der Waals surface area contributed by atoms with Crippen molar-refractivity contribution in [1.29, 1.82) is 0 Å². The number of carboxylic acid groups (broad SMARTS) is 2. The summed E-state index contributed by atoms with van der Waals surface area (Å²) in [6.07, 6.45) is 3.10. The van der Waals surface area contributed by atoms with Gasteiger partial charge in [-0.05, 0) is 30.0 Å². The minimum atomic E-state index is -2.75. The summed E-state index contributed by atoms with van der Waals surface area (Å²) in [5.74, 6) is -1.10. The van der Waals surface area contributed by atoms with Gasteiger partial charge in [0.2, 0.25) is 5.28 Å². The second-order valence-corrected chi connectivity index (χ2v) is 10.5. The molecule has 5 N–H and O–H groups in total. The number of benzene rings is 1. The van der Waals surface area contributed by atoms with Gasteiger partial charge in [0.25, 0.3) is 5.60 Å². The largest absolute Gasteiger partial charge is 0.479 e. The molecule has 0 aliphatic carbocycles. The molecule has 0 amide bonds. The zero-order chi connectivity index (χ0) is 30.2. The van der Waals surface area contributed by atoms with Gasteiger partial charge < -0.3 is 39.9 Å². The molecule has 222 valence electrons. The number of imidazole rings is 1. The zero-order valence-electron chi connectivity index (χ0n) is 22.1. The highest BCUT2D eigenvalue weighted by atomic mass is 35.5. The number of rotatable bonds is 10. The molecule has 1 unspecified atom stereocenters. The van der Waals surface area contributed by atoms with E-state index in [2.05, 4.69) is 20.9 Å². The van der Waals surface area contributed by atoms with E-state index < -0.39 is 54.6 Å². The minimum absolute atomic E-state index is 0.108. The van der Waals surface area contributed by atoms with Crippen molar-refractivity contribution in [2.75, 3.05) is 24.7 Å². The number of halogens is 1. The normalized spacial score (nSPS) is 26.0. The number of aliphatic hydroxyl groups is 3. The number of nitrogens with zero attached hydrogens (tertiary/aromatic N) is 5. The van der Waals surface area contributed by atoms with E-state index in [4.69, 9.17) is 27.5 Å². The van der Waals surface area contributed by atoms with Crippen LogP contribution in [0.3, 0.4) is 0 Å². The Labute approximate surface area is 244 Å². The lowest BCUT2D eigenvalue weighted by molar-refractivity contribution is -0.191. The first kappa shape index (κ1) is 29.6. The summed E-state index contributed by atoms with van der Waals surface area (Å²) in [6.45, 7) is -0.319. The third-order valence-corrected chi connectivity index (χ3v) is 7.89. The summed E-state index contributed by atoms with van der Waals surface area (Å²) >= 11 is 6.23. The number of carbonyl (C=O) groups is 2. The molecule has 0 saturated carbocycles. The molecule has 15 heteroatoms. The lowest BCUT2D eigenvalue weighted by Gasteiger charge is -2.30. The molecular weight excluding hydrogens is 574 g/mol. The Morgan fingerprint density at radius 3 is 2.60 bits per heavy atom. The topological polar surface area (TPSA) is 201 Å². The van der Waals surface area contributed by atoms with E-state index in [1.807, 2.05) is 4.90 Å². The van der Waals surface area contributed by atoms with Crippen LogP contribution >= 0.6 is 11.6 Å². The first-order valence-electron chi connectivity index (χ1n) is 13.0. The van der Waals surface area contributed by atoms with E-state index in [1.54, 1.807) is 30.3 Å². The molecule has 5 atom stereocenters. The second-order valence-electron chi connectivity index (χ2n) is 10.2. The Bertz CT molecular complexity index is 1520. The van der Waals surface area contributed by atoms with Crippen molar-refractivity contribution >= 4 is 40.5 Å². The van der Waals surface area contributed by atoms with Crippen molar-refractivity contribution in [3.63, 3.8) is 0 Å².